The van der Waals surface area contributed by atoms with Gasteiger partial charge in [0.15, 0.2) is 25.2 Å². The minimum absolute atomic E-state index is 0.0928. The van der Waals surface area contributed by atoms with E-state index in [4.69, 9.17) is 56.8 Å². The number of aliphatic hydroxyl groups excluding tert-OH is 4. The molecule has 36 atom stereocenters. The van der Waals surface area contributed by atoms with Crippen LogP contribution in [0.15, 0.2) is 0 Å². The number of nitrogens with zero attached hydrogens (tertiary/aromatic N) is 2. The number of nitrogens with one attached hydrogen (secondary N) is 4. The Labute approximate surface area is 671 Å². The Hall–Kier alpha value is -2.10. The molecular weight excluding hydrogens is 1450 g/mol. The second-order valence-electron chi connectivity index (χ2n) is 36.4. The molecular formula is C82H158N6O24. The highest BCUT2D eigenvalue weighted by Gasteiger charge is 2.61. The fourth-order valence-corrected chi connectivity index (χ4v) is 18.4. The van der Waals surface area contributed by atoms with E-state index in [0.29, 0.717) is 39.0 Å². The molecule has 0 amide bonds. The highest BCUT2D eigenvalue weighted by atomic mass is 16.7. The van der Waals surface area contributed by atoms with Crippen molar-refractivity contribution < 1.29 is 117 Å². The number of ether oxygens (including phenoxy) is 12. The van der Waals surface area contributed by atoms with Crippen LogP contribution in [-0.2, 0) is 66.4 Å². The van der Waals surface area contributed by atoms with E-state index in [2.05, 4.69) is 21.3 Å². The maximum atomic E-state index is 14.5. The molecule has 0 spiro atoms. The summed E-state index contributed by atoms with van der Waals surface area (Å²) in [6.07, 6.45) is -13.3. The van der Waals surface area contributed by atoms with Gasteiger partial charge < -0.3 is 139 Å². The third kappa shape index (κ3) is 23.7. The van der Waals surface area contributed by atoms with E-state index in [1.165, 1.54) is 28.1 Å². The van der Waals surface area contributed by atoms with Gasteiger partial charge in [0.05, 0.1) is 78.0 Å². The maximum Gasteiger partial charge on any atom is 0.311 e. The lowest BCUT2D eigenvalue weighted by Gasteiger charge is -2.53. The summed E-state index contributed by atoms with van der Waals surface area (Å²) in [7, 11) is 10.6. The highest BCUT2D eigenvalue weighted by molar-refractivity contribution is 5.73. The second kappa shape index (κ2) is 41.9. The molecule has 6 saturated heterocycles. The van der Waals surface area contributed by atoms with E-state index in [0.717, 1.165) is 12.8 Å². The van der Waals surface area contributed by atoms with Crippen LogP contribution in [0.2, 0.25) is 0 Å². The van der Waals surface area contributed by atoms with E-state index in [-0.39, 0.29) is 87.7 Å². The van der Waals surface area contributed by atoms with Gasteiger partial charge in [0.2, 0.25) is 0 Å². The van der Waals surface area contributed by atoms with Crippen molar-refractivity contribution in [3.8, 4) is 0 Å². The fourth-order valence-electron chi connectivity index (χ4n) is 18.4. The van der Waals surface area contributed by atoms with Crippen LogP contribution in [0, 0.1) is 35.5 Å². The first kappa shape index (κ1) is 100. The number of likely N-dealkylation sites (N-methyl/N-ethyl adjacent to an activating group) is 2. The fraction of sp³-hybridized carbons (Fsp3) is 0.976. The predicted molar refractivity (Wildman–Crippen MR) is 423 cm³/mol. The van der Waals surface area contributed by atoms with Gasteiger partial charge in [-0.05, 0) is 215 Å². The number of hydrogen-bond acceptors (Lipinski definition) is 30. The molecule has 0 aromatic heterocycles. The van der Waals surface area contributed by atoms with Crippen molar-refractivity contribution in [2.24, 2.45) is 35.5 Å². The molecule has 112 heavy (non-hydrogen) atoms. The first-order valence-corrected chi connectivity index (χ1v) is 41.8. The largest absolute Gasteiger partial charge is 0.459 e. The Morgan fingerprint density at radius 3 is 1.29 bits per heavy atom. The molecule has 0 aliphatic carbocycles. The van der Waals surface area contributed by atoms with Crippen LogP contribution in [0.25, 0.3) is 0 Å². The first-order chi connectivity index (χ1) is 51.8. The quantitative estimate of drug-likeness (QED) is 0.0482. The van der Waals surface area contributed by atoms with Crippen LogP contribution in [0.1, 0.15) is 217 Å². The molecule has 0 aromatic rings. The normalized spacial score (nSPS) is 46.6. The van der Waals surface area contributed by atoms with Crippen molar-refractivity contribution in [3.05, 3.63) is 0 Å². The predicted octanol–water partition coefficient (Wildman–Crippen LogP) is 3.86. The third-order valence-corrected chi connectivity index (χ3v) is 26.0. The Balaban J connectivity index is 0.000000400. The zero-order valence-corrected chi connectivity index (χ0v) is 73.6. The number of aliphatic hydroxyl groups is 10. The topological polar surface area (TPSA) is 402 Å². The summed E-state index contributed by atoms with van der Waals surface area (Å²) >= 11 is 0. The van der Waals surface area contributed by atoms with Crippen molar-refractivity contribution >= 4 is 11.9 Å². The summed E-state index contributed by atoms with van der Waals surface area (Å²) in [5.41, 5.74) is -11.9. The number of cyclic esters (lactones) is 2. The average molecular weight is 1610 g/mol. The number of hydrogen-bond donors (Lipinski definition) is 14. The standard InChI is InChI=1S/2C41H79N3O12/c1-15-17-42-22-41(50)28(8)53-31(20-39(41,10)51-14)55-33-25(5)35(56-37-32(45)29(44(12)13)18-24(4)52-37)38(9,48)19-23(3)21-43-27(7)34(46)40(11,49)30(16-2)54-36(47)26(33)6;1-15-17-42-22-41(50)28(8)53-31(20-39(41,10)51-14)54-33-25(5)34(56-37-32(46)29(44(12)13)18-24(4)52-37)38(9,48)19-23(3)21-43-27(7)35(55-36(47)26(33)6)40(11,49)30(45)16-2/h2*23-35,37,42-43,45-46,48-50H,15-22H2,1-14H3/t23-,24-,25+,26-,27-,28+,29+,30-,31+,32-,33+,34-,35-,37?,38+,39-,40-,41+;23-,24-,25+,26-,27-,28+,29+,30-,31+,32-,33+,34-,35?,37?,38+,39-,40-,41+/m11/s1. The van der Waals surface area contributed by atoms with Gasteiger partial charge in [-0.3, -0.25) is 9.59 Å². The molecule has 660 valence electrons. The summed E-state index contributed by atoms with van der Waals surface area (Å²) < 4.78 is 76.7. The van der Waals surface area contributed by atoms with Gasteiger partial charge in [-0.2, -0.15) is 0 Å². The molecule has 30 heteroatoms. The zero-order valence-electron chi connectivity index (χ0n) is 73.6. The van der Waals surface area contributed by atoms with Crippen LogP contribution in [0.3, 0.4) is 0 Å². The smallest absolute Gasteiger partial charge is 0.311 e. The molecule has 0 bridgehead atoms. The van der Waals surface area contributed by atoms with E-state index < -0.39 is 191 Å². The lowest BCUT2D eigenvalue weighted by Crippen LogP contribution is -2.70. The lowest BCUT2D eigenvalue weighted by molar-refractivity contribution is -0.336. The average Bonchev–Trinajstić information content (AvgIpc) is 0.760. The molecule has 14 N–H and O–H groups in total. The van der Waals surface area contributed by atoms with Crippen LogP contribution < -0.4 is 21.3 Å². The van der Waals surface area contributed by atoms with Gasteiger partial charge in [0.1, 0.15) is 64.1 Å². The molecule has 6 aliphatic rings. The minimum atomic E-state index is -1.81. The number of rotatable bonds is 24. The minimum Gasteiger partial charge on any atom is -0.459 e. The van der Waals surface area contributed by atoms with Crippen molar-refractivity contribution in [3.63, 3.8) is 0 Å². The molecule has 6 fully saturated rings. The maximum absolute atomic E-state index is 14.5. The van der Waals surface area contributed by atoms with Gasteiger partial charge in [-0.1, -0.05) is 55.4 Å². The van der Waals surface area contributed by atoms with Crippen LogP contribution >= 0.6 is 0 Å². The second-order valence-corrected chi connectivity index (χ2v) is 36.4. The zero-order chi connectivity index (χ0) is 85.1. The molecule has 0 radical (unpaired) electrons. The molecule has 6 heterocycles. The summed E-state index contributed by atoms with van der Waals surface area (Å²) in [5.74, 6) is -5.34. The first-order valence-electron chi connectivity index (χ1n) is 41.8. The van der Waals surface area contributed by atoms with Gasteiger partial charge in [0.25, 0.3) is 0 Å². The van der Waals surface area contributed by atoms with Crippen molar-refractivity contribution in [2.75, 3.05) is 81.7 Å². The Morgan fingerprint density at radius 2 is 0.938 bits per heavy atom. The van der Waals surface area contributed by atoms with Crippen LogP contribution in [0.4, 0.5) is 0 Å². The lowest BCUT2D eigenvalue weighted by atomic mass is 9.75. The molecule has 6 aliphatic heterocycles. The monoisotopic (exact) mass is 1610 g/mol. The Kier molecular flexibility index (Phi) is 37.6. The highest BCUT2D eigenvalue weighted by Crippen LogP contribution is 2.47. The number of carbonyl (C=O) groups is 2. The molecule has 30 nitrogen and oxygen atoms in total. The number of methoxy groups -OCH3 is 2. The van der Waals surface area contributed by atoms with Crippen molar-refractivity contribution in [1.82, 2.24) is 31.1 Å². The summed E-state index contributed by atoms with van der Waals surface area (Å²) in [4.78, 5) is 32.6. The Bertz CT molecular complexity index is 2820. The SMILES string of the molecule is CCCNC[C@]1(O)[C@H](C)O[C@@H](O[C@H]2[C@H](C)[C@@H](OC3O[C@H](C)C[C@H](N(C)C)[C@H]3O)[C@@](C)(O)C[C@@H](C)CN[C@H](C)C([C@](C)(O)[C@H](O)CC)OC(=O)[C@@H]2C)C[C@@]1(C)OC.CCCNC[C@]1(O)[C@H](C)O[C@@H](O[C@H]2[C@H](C)[C@@H](OC3O[C@H](C)C[C@H](N(C)C)[C@H]3O)[C@@](C)(O)C[C@@H](C)CN[C@H](C)[C@@H](O)[C@](C)(O)[C@@H](CC)OC(=O)[C@@H]2C)C[C@@]1(C)OC. The molecule has 0 saturated carbocycles. The van der Waals surface area contributed by atoms with E-state index in [9.17, 15) is 60.7 Å². The van der Waals surface area contributed by atoms with Crippen molar-refractivity contribution in [1.29, 1.82) is 0 Å². The van der Waals surface area contributed by atoms with Gasteiger partial charge in [-0.15, -0.1) is 0 Å². The summed E-state index contributed by atoms with van der Waals surface area (Å²) in [6, 6.07) is -1.75. The summed E-state index contributed by atoms with van der Waals surface area (Å²) in [5, 5.41) is 131. The van der Waals surface area contributed by atoms with E-state index >= 15 is 0 Å². The van der Waals surface area contributed by atoms with Gasteiger partial charge in [-0.25, -0.2) is 0 Å². The molecule has 3 unspecified atom stereocenters. The summed E-state index contributed by atoms with van der Waals surface area (Å²) in [6.45, 7) is 41.8. The van der Waals surface area contributed by atoms with Gasteiger partial charge >= 0.3 is 11.9 Å². The number of esters is 2. The molecule has 6 rings (SSSR count). The Morgan fingerprint density at radius 1 is 0.562 bits per heavy atom. The van der Waals surface area contributed by atoms with Gasteiger partial charge in [0, 0.05) is 76.2 Å². The van der Waals surface area contributed by atoms with E-state index in [1.807, 2.05) is 107 Å². The molecule has 0 aromatic carbocycles. The third-order valence-electron chi connectivity index (χ3n) is 26.0. The van der Waals surface area contributed by atoms with Crippen molar-refractivity contribution in [2.45, 2.75) is 396 Å². The van der Waals surface area contributed by atoms with Crippen LogP contribution in [-0.4, -0.2) is 334 Å². The van der Waals surface area contributed by atoms with E-state index in [1.54, 1.807) is 69.2 Å². The van der Waals surface area contributed by atoms with Crippen LogP contribution in [0.5, 0.6) is 0 Å². The number of carbonyl (C=O) groups excluding carboxylic acids is 2.